The average molecular weight is 266 g/mol. The van der Waals surface area contributed by atoms with Gasteiger partial charge in [-0.3, -0.25) is 0 Å². The first-order valence-corrected chi connectivity index (χ1v) is 7.23. The lowest BCUT2D eigenvalue weighted by Gasteiger charge is -2.19. The van der Waals surface area contributed by atoms with Crippen molar-refractivity contribution >= 4 is 17.8 Å². The van der Waals surface area contributed by atoms with Crippen molar-refractivity contribution in [2.24, 2.45) is 0 Å². The molecule has 6 heteroatoms. The molecule has 108 valence electrons. The zero-order valence-corrected chi connectivity index (χ0v) is 12.5. The Morgan fingerprint density at radius 3 is 2.05 bits per heavy atom. The summed E-state index contributed by atoms with van der Waals surface area (Å²) in [4.78, 5) is 15.4. The molecule has 0 saturated carbocycles. The highest BCUT2D eigenvalue weighted by atomic mass is 15.3. The molecule has 1 aromatic heterocycles. The van der Waals surface area contributed by atoms with Crippen molar-refractivity contribution in [2.75, 3.05) is 41.7 Å². The van der Waals surface area contributed by atoms with E-state index < -0.39 is 0 Å². The van der Waals surface area contributed by atoms with Crippen molar-refractivity contribution in [3.05, 3.63) is 0 Å². The fourth-order valence-electron chi connectivity index (χ4n) is 1.71. The molecule has 0 radical (unpaired) electrons. The zero-order chi connectivity index (χ0) is 14.1. The van der Waals surface area contributed by atoms with Gasteiger partial charge in [0.2, 0.25) is 17.8 Å². The molecule has 1 rings (SSSR count). The van der Waals surface area contributed by atoms with Crippen LogP contribution < -0.4 is 15.5 Å². The van der Waals surface area contributed by atoms with Gasteiger partial charge in [0, 0.05) is 26.2 Å². The fourth-order valence-corrected chi connectivity index (χ4v) is 1.71. The highest BCUT2D eigenvalue weighted by Crippen LogP contribution is 2.13. The Morgan fingerprint density at radius 1 is 0.895 bits per heavy atom. The minimum atomic E-state index is 0.637. The minimum absolute atomic E-state index is 0.637. The molecule has 0 aliphatic carbocycles. The molecule has 0 fully saturated rings. The molecule has 0 saturated heterocycles. The number of hydrogen-bond donors (Lipinski definition) is 2. The molecule has 19 heavy (non-hydrogen) atoms. The summed E-state index contributed by atoms with van der Waals surface area (Å²) in [5.41, 5.74) is 0. The lowest BCUT2D eigenvalue weighted by molar-refractivity contribution is 0.799. The quantitative estimate of drug-likeness (QED) is 0.669. The summed E-state index contributed by atoms with van der Waals surface area (Å²) in [6.07, 6.45) is 2.27. The highest BCUT2D eigenvalue weighted by Gasteiger charge is 2.10. The first kappa shape index (κ1) is 15.5. The van der Waals surface area contributed by atoms with Crippen molar-refractivity contribution in [1.29, 1.82) is 0 Å². The van der Waals surface area contributed by atoms with Gasteiger partial charge in [0.25, 0.3) is 0 Å². The molecule has 0 unspecified atom stereocenters. The smallest absolute Gasteiger partial charge is 0.231 e. The molecule has 0 spiro atoms. The lowest BCUT2D eigenvalue weighted by Crippen LogP contribution is -2.25. The van der Waals surface area contributed by atoms with Gasteiger partial charge in [0.05, 0.1) is 0 Å². The Hall–Kier alpha value is -1.59. The van der Waals surface area contributed by atoms with Gasteiger partial charge < -0.3 is 15.5 Å². The zero-order valence-electron chi connectivity index (χ0n) is 12.5. The van der Waals surface area contributed by atoms with E-state index in [1.165, 1.54) is 0 Å². The normalized spacial score (nSPS) is 10.3. The van der Waals surface area contributed by atoms with Gasteiger partial charge >= 0.3 is 0 Å². The van der Waals surface area contributed by atoms with E-state index >= 15 is 0 Å². The van der Waals surface area contributed by atoms with Gasteiger partial charge in [-0.2, -0.15) is 15.0 Å². The molecule has 0 aliphatic rings. The van der Waals surface area contributed by atoms with Crippen LogP contribution in [0.15, 0.2) is 0 Å². The number of hydrogen-bond acceptors (Lipinski definition) is 6. The van der Waals surface area contributed by atoms with Crippen LogP contribution >= 0.6 is 0 Å². The van der Waals surface area contributed by atoms with Gasteiger partial charge in [-0.1, -0.05) is 13.3 Å². The van der Waals surface area contributed by atoms with Gasteiger partial charge in [-0.25, -0.2) is 0 Å². The number of nitrogens with one attached hydrogen (secondary N) is 2. The van der Waals surface area contributed by atoms with Crippen LogP contribution in [0, 0.1) is 0 Å². The Morgan fingerprint density at radius 2 is 1.53 bits per heavy atom. The summed E-state index contributed by atoms with van der Waals surface area (Å²) in [5.74, 6) is 2.02. The van der Waals surface area contributed by atoms with E-state index in [9.17, 15) is 0 Å². The van der Waals surface area contributed by atoms with Gasteiger partial charge in [-0.05, 0) is 27.2 Å². The van der Waals surface area contributed by atoms with Gasteiger partial charge in [0.15, 0.2) is 0 Å². The van der Waals surface area contributed by atoms with E-state index in [1.807, 2.05) is 6.92 Å². The molecule has 0 aromatic carbocycles. The van der Waals surface area contributed by atoms with Crippen LogP contribution in [0.4, 0.5) is 17.8 Å². The summed E-state index contributed by atoms with van der Waals surface area (Å²) < 4.78 is 0. The monoisotopic (exact) mass is 266 g/mol. The molecule has 0 bridgehead atoms. The second-order valence-electron chi connectivity index (χ2n) is 4.27. The molecule has 6 nitrogen and oxygen atoms in total. The molecule has 1 heterocycles. The number of nitrogens with zero attached hydrogens (tertiary/aromatic N) is 4. The Kier molecular flexibility index (Phi) is 6.92. The molecular weight excluding hydrogens is 240 g/mol. The van der Waals surface area contributed by atoms with Crippen LogP contribution in [-0.4, -0.2) is 41.1 Å². The van der Waals surface area contributed by atoms with Crippen molar-refractivity contribution in [3.8, 4) is 0 Å². The maximum Gasteiger partial charge on any atom is 0.231 e. The largest absolute Gasteiger partial charge is 0.354 e. The fraction of sp³-hybridized carbons (Fsp3) is 0.769. The van der Waals surface area contributed by atoms with Gasteiger partial charge in [-0.15, -0.1) is 0 Å². The third-order valence-electron chi connectivity index (χ3n) is 2.82. The number of rotatable bonds is 9. The lowest BCUT2D eigenvalue weighted by atomic mass is 10.3. The average Bonchev–Trinajstić information content (AvgIpc) is 2.41. The molecular formula is C13H26N6. The topological polar surface area (TPSA) is 66.0 Å². The van der Waals surface area contributed by atoms with Crippen molar-refractivity contribution in [3.63, 3.8) is 0 Å². The number of aromatic nitrogens is 3. The van der Waals surface area contributed by atoms with Crippen LogP contribution in [0.3, 0.4) is 0 Å². The predicted octanol–water partition coefficient (Wildman–Crippen LogP) is 2.36. The van der Waals surface area contributed by atoms with Crippen molar-refractivity contribution in [2.45, 2.75) is 40.5 Å². The highest BCUT2D eigenvalue weighted by molar-refractivity contribution is 5.43. The third-order valence-corrected chi connectivity index (χ3v) is 2.82. The van der Waals surface area contributed by atoms with Crippen LogP contribution in [0.1, 0.15) is 40.5 Å². The van der Waals surface area contributed by atoms with E-state index in [4.69, 9.17) is 0 Å². The molecule has 0 amide bonds. The van der Waals surface area contributed by atoms with E-state index in [1.54, 1.807) is 0 Å². The summed E-state index contributed by atoms with van der Waals surface area (Å²) in [7, 11) is 0. The Balaban J connectivity index is 2.89. The van der Waals surface area contributed by atoms with Gasteiger partial charge in [0.1, 0.15) is 0 Å². The molecule has 0 atom stereocenters. The summed E-state index contributed by atoms with van der Waals surface area (Å²) in [6.45, 7) is 11.9. The minimum Gasteiger partial charge on any atom is -0.354 e. The summed E-state index contributed by atoms with van der Waals surface area (Å²) in [5, 5.41) is 6.41. The molecule has 1 aromatic rings. The van der Waals surface area contributed by atoms with Crippen LogP contribution in [0.25, 0.3) is 0 Å². The van der Waals surface area contributed by atoms with Crippen LogP contribution in [0.5, 0.6) is 0 Å². The summed E-state index contributed by atoms with van der Waals surface area (Å²) >= 11 is 0. The van der Waals surface area contributed by atoms with E-state index in [0.29, 0.717) is 11.9 Å². The SMILES string of the molecule is CCCCNc1nc(NCC)nc(N(CC)CC)n1. The second-order valence-corrected chi connectivity index (χ2v) is 4.27. The maximum atomic E-state index is 4.48. The Labute approximate surface area is 116 Å². The maximum absolute atomic E-state index is 4.48. The predicted molar refractivity (Wildman–Crippen MR) is 80.9 cm³/mol. The van der Waals surface area contributed by atoms with Crippen molar-refractivity contribution in [1.82, 2.24) is 15.0 Å². The van der Waals surface area contributed by atoms with Crippen LogP contribution in [0.2, 0.25) is 0 Å². The molecule has 2 N–H and O–H groups in total. The van der Waals surface area contributed by atoms with Crippen LogP contribution in [-0.2, 0) is 0 Å². The summed E-state index contributed by atoms with van der Waals surface area (Å²) in [6, 6.07) is 0. The standard InChI is InChI=1S/C13H26N6/c1-5-9-10-15-12-16-11(14-6-2)17-13(18-12)19(7-3)8-4/h5-10H2,1-4H3,(H2,14,15,16,17,18). The number of unbranched alkanes of at least 4 members (excludes halogenated alkanes) is 1. The number of anilines is 3. The first-order valence-electron chi connectivity index (χ1n) is 7.23. The van der Waals surface area contributed by atoms with E-state index in [-0.39, 0.29) is 0 Å². The third kappa shape index (κ3) is 4.89. The molecule has 0 aliphatic heterocycles. The van der Waals surface area contributed by atoms with E-state index in [0.717, 1.165) is 45.0 Å². The van der Waals surface area contributed by atoms with E-state index in [2.05, 4.69) is 51.3 Å². The second kappa shape index (κ2) is 8.50. The first-order chi connectivity index (χ1) is 9.24. The van der Waals surface area contributed by atoms with Crippen molar-refractivity contribution < 1.29 is 0 Å². The Bertz CT molecular complexity index is 364.